The summed E-state index contributed by atoms with van der Waals surface area (Å²) in [7, 11) is 1.56. The van der Waals surface area contributed by atoms with E-state index in [1.54, 1.807) is 34.9 Å². The van der Waals surface area contributed by atoms with Crippen molar-refractivity contribution < 1.29 is 23.8 Å². The minimum absolute atomic E-state index is 0.0315. The van der Waals surface area contributed by atoms with Crippen molar-refractivity contribution >= 4 is 23.3 Å². The van der Waals surface area contributed by atoms with E-state index in [9.17, 15) is 9.59 Å². The highest BCUT2D eigenvalue weighted by Crippen LogP contribution is 2.32. The number of fused-ring (bicyclic) bond motifs is 1. The fourth-order valence-corrected chi connectivity index (χ4v) is 5.05. The fraction of sp³-hybridized carbons (Fsp3) is 0.375. The number of piperidine rings is 1. The van der Waals surface area contributed by atoms with Crippen molar-refractivity contribution in [1.29, 1.82) is 0 Å². The summed E-state index contributed by atoms with van der Waals surface area (Å²) in [6.07, 6.45) is 2.71. The van der Waals surface area contributed by atoms with Gasteiger partial charge in [0.15, 0.2) is 5.65 Å². The van der Waals surface area contributed by atoms with Crippen LogP contribution in [0.1, 0.15) is 62.5 Å². The second-order valence-corrected chi connectivity index (χ2v) is 11.2. The van der Waals surface area contributed by atoms with Gasteiger partial charge in [-0.15, -0.1) is 0 Å². The Bertz CT molecular complexity index is 1570. The first-order valence-corrected chi connectivity index (χ1v) is 14.2. The molecule has 0 radical (unpaired) electrons. The third-order valence-electron chi connectivity index (χ3n) is 7.07. The summed E-state index contributed by atoms with van der Waals surface area (Å²) in [6.45, 7) is 9.14. The number of nitrogens with zero attached hydrogens (tertiary/aromatic N) is 4. The van der Waals surface area contributed by atoms with Crippen molar-refractivity contribution in [3.05, 3.63) is 72.1 Å². The number of rotatable bonds is 7. The van der Waals surface area contributed by atoms with Gasteiger partial charge in [-0.25, -0.2) is 14.3 Å². The normalized spacial score (nSPS) is 14.1. The molecule has 0 saturated carbocycles. The maximum Gasteiger partial charge on any atom is 0.410 e. The van der Waals surface area contributed by atoms with Gasteiger partial charge in [-0.2, -0.15) is 5.10 Å². The number of amides is 2. The largest absolute Gasteiger partial charge is 0.495 e. The highest BCUT2D eigenvalue weighted by Gasteiger charge is 2.31. The molecule has 10 nitrogen and oxygen atoms in total. The minimum Gasteiger partial charge on any atom is -0.495 e. The molecule has 1 aliphatic heterocycles. The topological polar surface area (TPSA) is 107 Å². The van der Waals surface area contributed by atoms with Crippen molar-refractivity contribution in [2.24, 2.45) is 0 Å². The van der Waals surface area contributed by atoms with Gasteiger partial charge >= 0.3 is 6.09 Å². The molecular weight excluding hydrogens is 534 g/mol. The zero-order valence-corrected chi connectivity index (χ0v) is 24.7. The van der Waals surface area contributed by atoms with Crippen LogP contribution in [0.3, 0.4) is 0 Å². The van der Waals surface area contributed by atoms with Crippen LogP contribution in [0.4, 0.5) is 10.5 Å². The van der Waals surface area contributed by atoms with E-state index in [0.717, 1.165) is 17.0 Å². The second-order valence-electron chi connectivity index (χ2n) is 11.2. The van der Waals surface area contributed by atoms with E-state index >= 15 is 0 Å². The van der Waals surface area contributed by atoms with Crippen molar-refractivity contribution in [3.8, 4) is 22.8 Å². The maximum atomic E-state index is 13.7. The Hall–Kier alpha value is -4.60. The lowest BCUT2D eigenvalue weighted by Gasteiger charge is -2.33. The fourth-order valence-electron chi connectivity index (χ4n) is 5.05. The molecule has 0 atom stereocenters. The van der Waals surface area contributed by atoms with Crippen molar-refractivity contribution in [2.45, 2.75) is 52.1 Å². The van der Waals surface area contributed by atoms with E-state index in [1.807, 2.05) is 70.2 Å². The predicted molar refractivity (Wildman–Crippen MR) is 160 cm³/mol. The number of benzene rings is 2. The molecule has 1 fully saturated rings. The summed E-state index contributed by atoms with van der Waals surface area (Å²) >= 11 is 0. The first-order chi connectivity index (χ1) is 20.1. The molecule has 0 unspecified atom stereocenters. The molecule has 0 spiro atoms. The van der Waals surface area contributed by atoms with Gasteiger partial charge in [-0.1, -0.05) is 12.1 Å². The van der Waals surface area contributed by atoms with Crippen LogP contribution in [0, 0.1) is 0 Å². The van der Waals surface area contributed by atoms with Gasteiger partial charge in [-0.05, 0) is 76.9 Å². The summed E-state index contributed by atoms with van der Waals surface area (Å²) in [5, 5.41) is 7.73. The molecule has 3 heterocycles. The van der Waals surface area contributed by atoms with Gasteiger partial charge in [0.25, 0.3) is 5.91 Å². The Morgan fingerprint density at radius 2 is 1.76 bits per heavy atom. The van der Waals surface area contributed by atoms with E-state index < -0.39 is 5.60 Å². The molecule has 4 aromatic rings. The maximum absolute atomic E-state index is 13.7. The summed E-state index contributed by atoms with van der Waals surface area (Å²) in [4.78, 5) is 33.1. The van der Waals surface area contributed by atoms with E-state index in [2.05, 4.69) is 5.32 Å². The van der Waals surface area contributed by atoms with Gasteiger partial charge < -0.3 is 24.4 Å². The molecule has 1 saturated heterocycles. The average molecular weight is 572 g/mol. The number of para-hydroxylation sites is 2. The number of methoxy groups -OCH3 is 1. The van der Waals surface area contributed by atoms with Gasteiger partial charge in [0.05, 0.1) is 36.4 Å². The van der Waals surface area contributed by atoms with E-state index in [4.69, 9.17) is 24.3 Å². The van der Waals surface area contributed by atoms with Crippen LogP contribution in [0.5, 0.6) is 11.5 Å². The van der Waals surface area contributed by atoms with Crippen LogP contribution in [0.25, 0.3) is 16.9 Å². The zero-order chi connectivity index (χ0) is 29.9. The molecule has 2 amide bonds. The van der Waals surface area contributed by atoms with Crippen LogP contribution in [0.2, 0.25) is 0 Å². The number of nitrogens with one attached hydrogen (secondary N) is 1. The number of hydrogen-bond donors (Lipinski definition) is 1. The molecule has 220 valence electrons. The summed E-state index contributed by atoms with van der Waals surface area (Å²) in [6, 6.07) is 16.9. The van der Waals surface area contributed by atoms with E-state index in [1.165, 1.54) is 0 Å². The molecule has 42 heavy (non-hydrogen) atoms. The van der Waals surface area contributed by atoms with E-state index in [0.29, 0.717) is 60.9 Å². The lowest BCUT2D eigenvalue weighted by Crippen LogP contribution is -2.41. The van der Waals surface area contributed by atoms with E-state index in [-0.39, 0.29) is 17.9 Å². The molecule has 0 aliphatic carbocycles. The molecule has 2 aromatic heterocycles. The SMILES string of the molecule is CCOc1ccc(-c2cc3nc(C4CCN(C(=O)OC(C)(C)C)CC4)c(C(=O)Nc4ccccc4OC)cn3n2)cc1. The highest BCUT2D eigenvalue weighted by molar-refractivity contribution is 6.05. The van der Waals surface area contributed by atoms with Crippen molar-refractivity contribution in [2.75, 3.05) is 32.1 Å². The van der Waals surface area contributed by atoms with Crippen molar-refractivity contribution in [1.82, 2.24) is 19.5 Å². The smallest absolute Gasteiger partial charge is 0.410 e. The molecule has 10 heteroatoms. The lowest BCUT2D eigenvalue weighted by molar-refractivity contribution is 0.0203. The molecule has 2 aromatic carbocycles. The molecule has 1 aliphatic rings. The number of carbonyl (C=O) groups is 2. The first kappa shape index (κ1) is 28.9. The summed E-state index contributed by atoms with van der Waals surface area (Å²) < 4.78 is 18.2. The number of ether oxygens (including phenoxy) is 3. The van der Waals surface area contributed by atoms with Gasteiger partial charge in [0, 0.05) is 36.8 Å². The third-order valence-corrected chi connectivity index (χ3v) is 7.07. The number of carbonyl (C=O) groups excluding carboxylic acids is 2. The highest BCUT2D eigenvalue weighted by atomic mass is 16.6. The number of anilines is 1. The van der Waals surface area contributed by atoms with Gasteiger partial charge in [0.1, 0.15) is 17.1 Å². The first-order valence-electron chi connectivity index (χ1n) is 14.2. The predicted octanol–water partition coefficient (Wildman–Crippen LogP) is 6.17. The van der Waals surface area contributed by atoms with Gasteiger partial charge in [0.2, 0.25) is 0 Å². The standard InChI is InChI=1S/C32H37N5O5/c1-6-41-23-13-11-21(12-14-23)26-19-28-34-29(22-15-17-36(18-16-22)31(39)42-32(2,3)4)24(20-37(28)35-26)30(38)33-25-9-7-8-10-27(25)40-5/h7-14,19-20,22H,6,15-18H2,1-5H3,(H,33,38). The Kier molecular flexibility index (Phi) is 8.33. The quantitative estimate of drug-likeness (QED) is 0.283. The molecular formula is C32H37N5O5. The zero-order valence-electron chi connectivity index (χ0n) is 24.7. The van der Waals surface area contributed by atoms with Crippen LogP contribution in [-0.2, 0) is 4.74 Å². The summed E-state index contributed by atoms with van der Waals surface area (Å²) in [5.74, 6) is 1.01. The minimum atomic E-state index is -0.562. The van der Waals surface area contributed by atoms with Gasteiger partial charge in [-0.3, -0.25) is 4.79 Å². The van der Waals surface area contributed by atoms with Crippen LogP contribution >= 0.6 is 0 Å². The lowest BCUT2D eigenvalue weighted by atomic mass is 9.90. The van der Waals surface area contributed by atoms with Crippen LogP contribution in [-0.4, -0.2) is 63.9 Å². The van der Waals surface area contributed by atoms with Crippen molar-refractivity contribution in [3.63, 3.8) is 0 Å². The monoisotopic (exact) mass is 571 g/mol. The molecule has 1 N–H and O–H groups in total. The Labute approximate surface area is 245 Å². The Morgan fingerprint density at radius 1 is 1.05 bits per heavy atom. The van der Waals surface area contributed by atoms with Crippen LogP contribution in [0.15, 0.2) is 60.8 Å². The molecule has 5 rings (SSSR count). The summed E-state index contributed by atoms with van der Waals surface area (Å²) in [5.41, 5.74) is 3.38. The number of hydrogen-bond acceptors (Lipinski definition) is 7. The van der Waals surface area contributed by atoms with Crippen LogP contribution < -0.4 is 14.8 Å². The molecule has 0 bridgehead atoms. The second kappa shape index (κ2) is 12.1. The number of aromatic nitrogens is 3. The Balaban J connectivity index is 1.47. The number of likely N-dealkylation sites (tertiary alicyclic amines) is 1. The third kappa shape index (κ3) is 6.48. The Morgan fingerprint density at radius 3 is 2.43 bits per heavy atom. The average Bonchev–Trinajstić information content (AvgIpc) is 3.40.